The molecule has 0 spiro atoms. The number of hydrogen-bond acceptors (Lipinski definition) is 9. The van der Waals surface area contributed by atoms with Crippen molar-refractivity contribution in [1.82, 2.24) is 10.9 Å². The van der Waals surface area contributed by atoms with E-state index in [1.165, 1.54) is 0 Å². The number of azide groups is 1. The Morgan fingerprint density at radius 3 is 2.55 bits per heavy atom. The highest BCUT2D eigenvalue weighted by Crippen LogP contribution is 2.31. The number of hydrazine groups is 1. The molecule has 0 saturated carbocycles. The summed E-state index contributed by atoms with van der Waals surface area (Å²) in [7, 11) is 3.12. The molecule has 0 radical (unpaired) electrons. The quantitative estimate of drug-likeness (QED) is 0.0817. The predicted molar refractivity (Wildman–Crippen MR) is 156 cm³/mol. The Hall–Kier alpha value is -4.77. The summed E-state index contributed by atoms with van der Waals surface area (Å²) in [6.45, 7) is 0.877. The zero-order valence-electron chi connectivity index (χ0n) is 23.6. The molecule has 1 atom stereocenters. The number of ether oxygens (including phenoxy) is 4. The fourth-order valence-corrected chi connectivity index (χ4v) is 4.57. The van der Waals surface area contributed by atoms with Gasteiger partial charge in [0.2, 0.25) is 5.90 Å². The Labute approximate surface area is 243 Å². The Balaban J connectivity index is 1.58. The number of carbonyl (C=O) groups is 1. The number of nitrogens with one attached hydrogen (secondary N) is 2. The molecule has 0 saturated heterocycles. The summed E-state index contributed by atoms with van der Waals surface area (Å²) in [5.41, 5.74) is 16.4. The maximum atomic E-state index is 13.8. The Bertz CT molecular complexity index is 1440. The number of para-hydroxylation sites is 1. The van der Waals surface area contributed by atoms with Crippen LogP contribution in [0, 0.1) is 0 Å². The van der Waals surface area contributed by atoms with Gasteiger partial charge in [-0.2, -0.15) is 0 Å². The average Bonchev–Trinajstić information content (AvgIpc) is 3.46. The third kappa shape index (κ3) is 7.29. The van der Waals surface area contributed by atoms with Gasteiger partial charge in [-0.1, -0.05) is 41.5 Å². The van der Waals surface area contributed by atoms with E-state index in [1.807, 2.05) is 48.5 Å². The van der Waals surface area contributed by atoms with Crippen LogP contribution in [0.15, 0.2) is 76.8 Å². The lowest BCUT2D eigenvalue weighted by Gasteiger charge is -2.24. The first-order valence-electron chi connectivity index (χ1n) is 13.4. The van der Waals surface area contributed by atoms with Gasteiger partial charge in [0, 0.05) is 42.0 Å². The highest BCUT2D eigenvalue weighted by Gasteiger charge is 2.45. The van der Waals surface area contributed by atoms with Crippen molar-refractivity contribution in [2.24, 2.45) is 10.1 Å². The van der Waals surface area contributed by atoms with Gasteiger partial charge in [-0.25, -0.2) is 10.4 Å². The summed E-state index contributed by atoms with van der Waals surface area (Å²) >= 11 is 0. The molecule has 1 heterocycles. The van der Waals surface area contributed by atoms with Crippen molar-refractivity contribution in [2.45, 2.75) is 31.5 Å². The van der Waals surface area contributed by atoms with E-state index in [4.69, 9.17) is 34.6 Å². The molecule has 3 aromatic rings. The van der Waals surface area contributed by atoms with Crippen LogP contribution in [-0.4, -0.2) is 56.5 Å². The number of aliphatic hydroxyl groups excluding tert-OH is 1. The number of methoxy groups -OCH3 is 2. The molecule has 3 aromatic carbocycles. The molecule has 1 aliphatic heterocycles. The topological polar surface area (TPSA) is 159 Å². The highest BCUT2D eigenvalue weighted by atomic mass is 16.5. The standard InChI is InChI=1S/C30H34N6O6/c1-39-26-10-5-9-24(27(26)40-2)19-32-35-29(38)30(17-22-7-3-4-8-23(22)18-33-36-31)20-42-28(34-30)21-11-13-25(14-12-21)41-16-6-15-37/h3-5,7-14,32,37H,6,15-20H2,1-2H3,(H,35,38)/t30-/m0/s1. The first-order valence-corrected chi connectivity index (χ1v) is 13.4. The summed E-state index contributed by atoms with van der Waals surface area (Å²) < 4.78 is 22.5. The predicted octanol–water partition coefficient (Wildman–Crippen LogP) is 3.85. The second-order valence-electron chi connectivity index (χ2n) is 9.48. The number of hydrogen-bond donors (Lipinski definition) is 3. The summed E-state index contributed by atoms with van der Waals surface area (Å²) in [6.07, 6.45) is 0.751. The number of amides is 1. The first-order chi connectivity index (χ1) is 20.5. The largest absolute Gasteiger partial charge is 0.494 e. The Kier molecular flexibility index (Phi) is 10.6. The van der Waals surface area contributed by atoms with Crippen molar-refractivity contribution in [3.05, 3.63) is 99.4 Å². The van der Waals surface area contributed by atoms with Gasteiger partial charge < -0.3 is 24.1 Å². The summed E-state index contributed by atoms with van der Waals surface area (Å²) in [5, 5.41) is 12.7. The number of aliphatic hydroxyl groups is 1. The van der Waals surface area contributed by atoms with Gasteiger partial charge in [0.15, 0.2) is 17.0 Å². The molecule has 0 aliphatic carbocycles. The van der Waals surface area contributed by atoms with Crippen LogP contribution >= 0.6 is 0 Å². The van der Waals surface area contributed by atoms with Crippen LogP contribution in [0.4, 0.5) is 0 Å². The van der Waals surface area contributed by atoms with E-state index in [9.17, 15) is 4.79 Å². The van der Waals surface area contributed by atoms with Crippen LogP contribution in [0.25, 0.3) is 10.4 Å². The van der Waals surface area contributed by atoms with Crippen LogP contribution in [0.5, 0.6) is 17.2 Å². The summed E-state index contributed by atoms with van der Waals surface area (Å²) in [6, 6.07) is 20.2. The summed E-state index contributed by atoms with van der Waals surface area (Å²) in [4.78, 5) is 21.5. The second kappa shape index (κ2) is 14.7. The SMILES string of the molecule is COc1cccc(CNNC(=O)[C@]2(Cc3ccccc3CN=[N+]=[N-])COC(c3ccc(OCCCO)cc3)=N2)c1OC. The van der Waals surface area contributed by atoms with E-state index in [1.54, 1.807) is 32.4 Å². The third-order valence-corrected chi connectivity index (χ3v) is 6.73. The van der Waals surface area contributed by atoms with E-state index >= 15 is 0 Å². The van der Waals surface area contributed by atoms with Crippen LogP contribution in [0.2, 0.25) is 0 Å². The van der Waals surface area contributed by atoms with Gasteiger partial charge in [-0.05, 0) is 47.0 Å². The Morgan fingerprint density at radius 2 is 1.83 bits per heavy atom. The van der Waals surface area contributed by atoms with Crippen LogP contribution in [-0.2, 0) is 29.0 Å². The molecule has 0 unspecified atom stereocenters. The van der Waals surface area contributed by atoms with Gasteiger partial charge in [-0.15, -0.1) is 0 Å². The zero-order chi connectivity index (χ0) is 29.8. The average molecular weight is 575 g/mol. The van der Waals surface area contributed by atoms with Gasteiger partial charge >= 0.3 is 0 Å². The van der Waals surface area contributed by atoms with Crippen LogP contribution < -0.4 is 25.1 Å². The van der Waals surface area contributed by atoms with Crippen molar-refractivity contribution in [2.75, 3.05) is 34.0 Å². The van der Waals surface area contributed by atoms with E-state index in [0.717, 1.165) is 16.7 Å². The molecule has 0 bridgehead atoms. The number of carbonyl (C=O) groups excluding carboxylic acids is 1. The molecule has 12 heteroatoms. The summed E-state index contributed by atoms with van der Waals surface area (Å²) in [5.74, 6) is 1.74. The normalized spacial score (nSPS) is 15.6. The van der Waals surface area contributed by atoms with E-state index in [-0.39, 0.29) is 38.6 Å². The molecule has 1 amide bonds. The van der Waals surface area contributed by atoms with Crippen LogP contribution in [0.1, 0.15) is 28.7 Å². The lowest BCUT2D eigenvalue weighted by atomic mass is 9.89. The van der Waals surface area contributed by atoms with Crippen molar-refractivity contribution < 1.29 is 28.8 Å². The zero-order valence-corrected chi connectivity index (χ0v) is 23.6. The molecule has 12 nitrogen and oxygen atoms in total. The fourth-order valence-electron chi connectivity index (χ4n) is 4.57. The number of nitrogens with zero attached hydrogens (tertiary/aromatic N) is 4. The van der Waals surface area contributed by atoms with E-state index in [2.05, 4.69) is 20.9 Å². The first kappa shape index (κ1) is 30.2. The van der Waals surface area contributed by atoms with Crippen molar-refractivity contribution in [3.63, 3.8) is 0 Å². The number of aliphatic imine (C=N–C) groups is 1. The fraction of sp³-hybridized carbons (Fsp3) is 0.333. The molecular weight excluding hydrogens is 540 g/mol. The molecule has 4 rings (SSSR count). The van der Waals surface area contributed by atoms with Crippen molar-refractivity contribution in [1.29, 1.82) is 0 Å². The maximum Gasteiger partial charge on any atom is 0.266 e. The molecule has 0 aromatic heterocycles. The van der Waals surface area contributed by atoms with Gasteiger partial charge in [0.05, 0.1) is 27.4 Å². The van der Waals surface area contributed by atoms with Crippen molar-refractivity contribution in [3.8, 4) is 17.2 Å². The van der Waals surface area contributed by atoms with Gasteiger partial charge in [0.25, 0.3) is 5.91 Å². The lowest BCUT2D eigenvalue weighted by molar-refractivity contribution is -0.127. The molecule has 1 aliphatic rings. The lowest BCUT2D eigenvalue weighted by Crippen LogP contribution is -2.52. The van der Waals surface area contributed by atoms with Gasteiger partial charge in [-0.3, -0.25) is 10.2 Å². The minimum atomic E-state index is -1.30. The molecule has 3 N–H and O–H groups in total. The smallest absolute Gasteiger partial charge is 0.266 e. The minimum absolute atomic E-state index is 0.00291. The number of rotatable bonds is 15. The highest BCUT2D eigenvalue weighted by molar-refractivity contribution is 6.00. The molecule has 220 valence electrons. The minimum Gasteiger partial charge on any atom is -0.494 e. The molecular formula is C30H34N6O6. The van der Waals surface area contributed by atoms with Gasteiger partial charge in [0.1, 0.15) is 12.4 Å². The van der Waals surface area contributed by atoms with Crippen molar-refractivity contribution >= 4 is 11.8 Å². The monoisotopic (exact) mass is 574 g/mol. The maximum absolute atomic E-state index is 13.8. The molecule has 0 fully saturated rings. The Morgan fingerprint density at radius 1 is 1.07 bits per heavy atom. The number of benzene rings is 3. The third-order valence-electron chi connectivity index (χ3n) is 6.73. The molecule has 42 heavy (non-hydrogen) atoms. The van der Waals surface area contributed by atoms with E-state index in [0.29, 0.717) is 41.7 Å². The van der Waals surface area contributed by atoms with E-state index < -0.39 is 5.54 Å². The van der Waals surface area contributed by atoms with Crippen LogP contribution in [0.3, 0.4) is 0 Å². The second-order valence-corrected chi connectivity index (χ2v) is 9.48.